The summed E-state index contributed by atoms with van der Waals surface area (Å²) >= 11 is 0. The van der Waals surface area contributed by atoms with E-state index >= 15 is 0 Å². The van der Waals surface area contributed by atoms with Gasteiger partial charge in [-0.2, -0.15) is 5.10 Å². The molecule has 0 aliphatic carbocycles. The van der Waals surface area contributed by atoms with Crippen molar-refractivity contribution in [2.45, 2.75) is 13.5 Å². The third-order valence-electron chi connectivity index (χ3n) is 5.25. The lowest BCUT2D eigenvalue weighted by atomic mass is 10.2. The van der Waals surface area contributed by atoms with E-state index in [0.29, 0.717) is 6.54 Å². The molecule has 0 radical (unpaired) electrons. The minimum atomic E-state index is 0.687. The number of hydrogen-bond donors (Lipinski definition) is 1. The average molecular weight is 377 g/mol. The second-order valence-corrected chi connectivity index (χ2v) is 7.29. The van der Waals surface area contributed by atoms with Crippen LogP contribution in [0.1, 0.15) is 11.3 Å². The first kappa shape index (κ1) is 18.4. The Labute approximate surface area is 166 Å². The molecule has 1 fully saturated rings. The third-order valence-corrected chi connectivity index (χ3v) is 5.25. The van der Waals surface area contributed by atoms with Gasteiger partial charge in [-0.25, -0.2) is 9.97 Å². The maximum atomic E-state index is 4.68. The molecule has 1 aliphatic heterocycles. The molecular formula is C21H27N7. The topological polar surface area (TPSA) is 62.1 Å². The summed E-state index contributed by atoms with van der Waals surface area (Å²) < 4.78 is 2.01. The van der Waals surface area contributed by atoms with Crippen LogP contribution in [-0.4, -0.2) is 57.9 Å². The predicted octanol–water partition coefficient (Wildman–Crippen LogP) is 2.55. The van der Waals surface area contributed by atoms with Gasteiger partial charge in [-0.3, -0.25) is 4.68 Å². The minimum absolute atomic E-state index is 0.687. The molecule has 0 unspecified atom stereocenters. The number of aryl methyl sites for hydroxylation is 2. The number of anilines is 2. The monoisotopic (exact) mass is 377 g/mol. The summed E-state index contributed by atoms with van der Waals surface area (Å²) in [5.41, 5.74) is 3.30. The molecule has 0 saturated carbocycles. The van der Waals surface area contributed by atoms with Gasteiger partial charge in [0.05, 0.1) is 5.69 Å². The van der Waals surface area contributed by atoms with E-state index in [0.717, 1.165) is 49.1 Å². The summed E-state index contributed by atoms with van der Waals surface area (Å²) in [5.74, 6) is 2.75. The van der Waals surface area contributed by atoms with Crippen LogP contribution in [0.2, 0.25) is 0 Å². The normalized spacial score (nSPS) is 15.0. The Hall–Kier alpha value is -2.93. The van der Waals surface area contributed by atoms with Gasteiger partial charge in [0.2, 0.25) is 0 Å². The first-order valence-corrected chi connectivity index (χ1v) is 9.70. The van der Waals surface area contributed by atoms with Gasteiger partial charge in [0, 0.05) is 57.1 Å². The summed E-state index contributed by atoms with van der Waals surface area (Å²) in [5, 5.41) is 8.14. The van der Waals surface area contributed by atoms with Gasteiger partial charge in [-0.05, 0) is 20.0 Å². The zero-order valence-electron chi connectivity index (χ0n) is 16.8. The van der Waals surface area contributed by atoms with Gasteiger partial charge < -0.3 is 15.1 Å². The van der Waals surface area contributed by atoms with Crippen LogP contribution in [0.3, 0.4) is 0 Å². The molecule has 4 rings (SSSR count). The lowest BCUT2D eigenvalue weighted by Crippen LogP contribution is -2.45. The molecule has 0 amide bonds. The van der Waals surface area contributed by atoms with Crippen LogP contribution in [0, 0.1) is 6.92 Å². The van der Waals surface area contributed by atoms with Crippen LogP contribution < -0.4 is 10.2 Å². The van der Waals surface area contributed by atoms with Gasteiger partial charge >= 0.3 is 0 Å². The van der Waals surface area contributed by atoms with Crippen LogP contribution >= 0.6 is 0 Å². The fourth-order valence-corrected chi connectivity index (χ4v) is 3.67. The molecular weight excluding hydrogens is 350 g/mol. The number of nitrogens with zero attached hydrogens (tertiary/aromatic N) is 6. The summed E-state index contributed by atoms with van der Waals surface area (Å²) in [6.45, 7) is 6.95. The largest absolute Gasteiger partial charge is 0.366 e. The smallest absolute Gasteiger partial charge is 0.161 e. The molecule has 1 aromatic carbocycles. The Balaban J connectivity index is 1.53. The van der Waals surface area contributed by atoms with Crippen LogP contribution in [0.4, 0.5) is 11.6 Å². The van der Waals surface area contributed by atoms with Crippen LogP contribution in [0.5, 0.6) is 0 Å². The maximum absolute atomic E-state index is 4.68. The first-order valence-electron chi connectivity index (χ1n) is 9.70. The molecule has 146 valence electrons. The highest BCUT2D eigenvalue weighted by atomic mass is 15.4. The number of aromatic nitrogens is 4. The van der Waals surface area contributed by atoms with Crippen molar-refractivity contribution in [2.75, 3.05) is 43.4 Å². The van der Waals surface area contributed by atoms with E-state index in [1.54, 1.807) is 6.20 Å². The highest BCUT2D eigenvalue weighted by molar-refractivity contribution is 5.57. The molecule has 2 aromatic heterocycles. The second kappa shape index (κ2) is 7.98. The van der Waals surface area contributed by atoms with Gasteiger partial charge in [-0.1, -0.05) is 30.3 Å². The van der Waals surface area contributed by atoms with Gasteiger partial charge in [0.25, 0.3) is 0 Å². The summed E-state index contributed by atoms with van der Waals surface area (Å²) in [4.78, 5) is 13.9. The Kier molecular flexibility index (Phi) is 5.25. The molecule has 0 bridgehead atoms. The second-order valence-electron chi connectivity index (χ2n) is 7.29. The number of likely N-dealkylation sites (N-methyl/N-ethyl adjacent to an activating group) is 1. The van der Waals surface area contributed by atoms with Gasteiger partial charge in [0.1, 0.15) is 11.6 Å². The number of benzene rings is 1. The van der Waals surface area contributed by atoms with E-state index in [4.69, 9.17) is 0 Å². The average Bonchev–Trinajstić information content (AvgIpc) is 3.01. The first-order chi connectivity index (χ1) is 13.6. The number of piperazine rings is 1. The van der Waals surface area contributed by atoms with Crippen molar-refractivity contribution >= 4 is 11.6 Å². The fraction of sp³-hybridized carbons (Fsp3) is 0.381. The molecule has 28 heavy (non-hydrogen) atoms. The fourth-order valence-electron chi connectivity index (χ4n) is 3.67. The van der Waals surface area contributed by atoms with E-state index in [1.165, 1.54) is 11.4 Å². The van der Waals surface area contributed by atoms with Crippen LogP contribution in [0.15, 0.2) is 42.6 Å². The highest BCUT2D eigenvalue weighted by Crippen LogP contribution is 2.25. The Morgan fingerprint density at radius 3 is 2.50 bits per heavy atom. The Morgan fingerprint density at radius 2 is 1.75 bits per heavy atom. The highest BCUT2D eigenvalue weighted by Gasteiger charge is 2.22. The summed E-state index contributed by atoms with van der Waals surface area (Å²) in [6, 6.07) is 12.0. The molecule has 7 nitrogen and oxygen atoms in total. The van der Waals surface area contributed by atoms with Crippen molar-refractivity contribution in [3.05, 3.63) is 53.9 Å². The van der Waals surface area contributed by atoms with Crippen molar-refractivity contribution in [1.82, 2.24) is 24.6 Å². The molecule has 3 heterocycles. The minimum Gasteiger partial charge on any atom is -0.366 e. The molecule has 1 N–H and O–H groups in total. The lowest BCUT2D eigenvalue weighted by Gasteiger charge is -2.34. The molecule has 3 aromatic rings. The molecule has 1 aliphatic rings. The number of hydrogen-bond acceptors (Lipinski definition) is 6. The van der Waals surface area contributed by atoms with Crippen LogP contribution in [-0.2, 0) is 13.6 Å². The number of nitrogens with one attached hydrogen (secondary N) is 1. The van der Waals surface area contributed by atoms with Crippen molar-refractivity contribution in [3.63, 3.8) is 0 Å². The maximum Gasteiger partial charge on any atom is 0.161 e. The lowest BCUT2D eigenvalue weighted by molar-refractivity contribution is 0.310. The Bertz CT molecular complexity index is 927. The zero-order chi connectivity index (χ0) is 19.5. The van der Waals surface area contributed by atoms with E-state index in [-0.39, 0.29) is 0 Å². The van der Waals surface area contributed by atoms with E-state index < -0.39 is 0 Å². The SMILES string of the molecule is Cc1nn(C)c(N2CCN(C)CC2)c1CNc1ccnc(-c2ccccc2)n1. The quantitative estimate of drug-likeness (QED) is 0.737. The van der Waals surface area contributed by atoms with Crippen molar-refractivity contribution < 1.29 is 0 Å². The molecule has 0 atom stereocenters. The zero-order valence-corrected chi connectivity index (χ0v) is 16.8. The van der Waals surface area contributed by atoms with Gasteiger partial charge in [-0.15, -0.1) is 0 Å². The Morgan fingerprint density at radius 1 is 1.00 bits per heavy atom. The van der Waals surface area contributed by atoms with Crippen molar-refractivity contribution in [3.8, 4) is 11.4 Å². The van der Waals surface area contributed by atoms with E-state index in [2.05, 4.69) is 44.2 Å². The van der Waals surface area contributed by atoms with E-state index in [1.807, 2.05) is 48.1 Å². The molecule has 7 heteroatoms. The molecule has 1 saturated heterocycles. The van der Waals surface area contributed by atoms with Crippen LogP contribution in [0.25, 0.3) is 11.4 Å². The third kappa shape index (κ3) is 3.84. The predicted molar refractivity (Wildman–Crippen MR) is 112 cm³/mol. The summed E-state index contributed by atoms with van der Waals surface area (Å²) in [7, 11) is 4.20. The van der Waals surface area contributed by atoms with Crippen molar-refractivity contribution in [2.24, 2.45) is 7.05 Å². The van der Waals surface area contributed by atoms with E-state index in [9.17, 15) is 0 Å². The number of rotatable bonds is 5. The van der Waals surface area contributed by atoms with Gasteiger partial charge in [0.15, 0.2) is 5.82 Å². The summed E-state index contributed by atoms with van der Waals surface area (Å²) in [6.07, 6.45) is 1.80. The standard InChI is InChI=1S/C21H27N7/c1-16-18(21(27(3)25-16)28-13-11-26(2)12-14-28)15-23-19-9-10-22-20(24-19)17-7-5-4-6-8-17/h4-10H,11-15H2,1-3H3,(H,22,23,24). The van der Waals surface area contributed by atoms with Crippen molar-refractivity contribution in [1.29, 1.82) is 0 Å². The molecule has 0 spiro atoms.